The molecule has 2 aliphatic heterocycles. The molecule has 0 bridgehead atoms. The van der Waals surface area contributed by atoms with Gasteiger partial charge in [0.2, 0.25) is 5.91 Å². The lowest BCUT2D eigenvalue weighted by Gasteiger charge is -2.43. The standard InChI is InChI=1S/C20H34N4O3.ClH/c1-13-8-19(3,4)12-20(9-13)17(26)24(18(27)22-20)11-16(25)23-7-5-6-15(10-23)14(2)21;/h13-15H,5-12,21H2,1-4H3,(H,22,27);1H. The largest absolute Gasteiger partial charge is 0.341 e. The zero-order valence-corrected chi connectivity index (χ0v) is 18.3. The summed E-state index contributed by atoms with van der Waals surface area (Å²) in [6.07, 6.45) is 4.22. The van der Waals surface area contributed by atoms with Crippen molar-refractivity contribution < 1.29 is 14.4 Å². The van der Waals surface area contributed by atoms with Crippen molar-refractivity contribution in [3.05, 3.63) is 0 Å². The van der Waals surface area contributed by atoms with E-state index < -0.39 is 11.6 Å². The van der Waals surface area contributed by atoms with Gasteiger partial charge in [-0.3, -0.25) is 14.5 Å². The number of urea groups is 1. The number of piperidine rings is 1. The molecule has 0 aromatic carbocycles. The number of nitrogens with two attached hydrogens (primary N) is 1. The quantitative estimate of drug-likeness (QED) is 0.691. The van der Waals surface area contributed by atoms with Crippen molar-refractivity contribution >= 4 is 30.3 Å². The summed E-state index contributed by atoms with van der Waals surface area (Å²) >= 11 is 0. The van der Waals surface area contributed by atoms with Crippen LogP contribution < -0.4 is 11.1 Å². The average molecular weight is 415 g/mol. The van der Waals surface area contributed by atoms with Crippen molar-refractivity contribution in [2.45, 2.75) is 71.4 Å². The molecule has 8 heteroatoms. The van der Waals surface area contributed by atoms with Crippen molar-refractivity contribution in [3.63, 3.8) is 0 Å². The van der Waals surface area contributed by atoms with Crippen LogP contribution in [0.1, 0.15) is 59.8 Å². The van der Waals surface area contributed by atoms with E-state index in [0.29, 0.717) is 31.8 Å². The maximum absolute atomic E-state index is 13.2. The van der Waals surface area contributed by atoms with Gasteiger partial charge >= 0.3 is 6.03 Å². The van der Waals surface area contributed by atoms with Crippen molar-refractivity contribution in [1.82, 2.24) is 15.1 Å². The predicted molar refractivity (Wildman–Crippen MR) is 110 cm³/mol. The third-order valence-corrected chi connectivity index (χ3v) is 6.47. The number of carbonyl (C=O) groups is 3. The molecule has 0 radical (unpaired) electrons. The fraction of sp³-hybridized carbons (Fsp3) is 0.850. The molecule has 160 valence electrons. The van der Waals surface area contributed by atoms with Gasteiger partial charge in [-0.15, -0.1) is 12.4 Å². The van der Waals surface area contributed by atoms with Gasteiger partial charge in [-0.1, -0.05) is 20.8 Å². The fourth-order valence-corrected chi connectivity index (χ4v) is 5.55. The minimum absolute atomic E-state index is 0. The summed E-state index contributed by atoms with van der Waals surface area (Å²) in [4.78, 5) is 41.4. The summed E-state index contributed by atoms with van der Waals surface area (Å²) in [5, 5.41) is 2.94. The van der Waals surface area contributed by atoms with Gasteiger partial charge in [-0.2, -0.15) is 0 Å². The topological polar surface area (TPSA) is 95.7 Å². The second kappa shape index (κ2) is 8.19. The number of likely N-dealkylation sites (tertiary alicyclic amines) is 1. The second-order valence-corrected chi connectivity index (χ2v) is 9.86. The molecule has 4 amide bonds. The Labute approximate surface area is 174 Å². The lowest BCUT2D eigenvalue weighted by Crippen LogP contribution is -2.54. The van der Waals surface area contributed by atoms with E-state index in [1.165, 1.54) is 0 Å². The number of carbonyl (C=O) groups excluding carboxylic acids is 3. The molecule has 2 heterocycles. The van der Waals surface area contributed by atoms with Crippen molar-refractivity contribution in [1.29, 1.82) is 0 Å². The average Bonchev–Trinajstić information content (AvgIpc) is 2.76. The van der Waals surface area contributed by atoms with E-state index >= 15 is 0 Å². The fourth-order valence-electron chi connectivity index (χ4n) is 5.55. The first-order valence-corrected chi connectivity index (χ1v) is 10.2. The molecule has 28 heavy (non-hydrogen) atoms. The lowest BCUT2D eigenvalue weighted by molar-refractivity contribution is -0.141. The molecule has 3 rings (SSSR count). The molecule has 1 spiro atoms. The third kappa shape index (κ3) is 4.46. The van der Waals surface area contributed by atoms with Crippen molar-refractivity contribution in [2.75, 3.05) is 19.6 Å². The molecule has 3 fully saturated rings. The molecule has 2 saturated heterocycles. The summed E-state index contributed by atoms with van der Waals surface area (Å²) < 4.78 is 0. The summed E-state index contributed by atoms with van der Waals surface area (Å²) in [5.74, 6) is 0.227. The zero-order chi connectivity index (χ0) is 20.0. The molecule has 3 N–H and O–H groups in total. The molecule has 1 saturated carbocycles. The molecule has 0 aromatic heterocycles. The number of amides is 4. The highest BCUT2D eigenvalue weighted by Gasteiger charge is 2.56. The van der Waals surface area contributed by atoms with Gasteiger partial charge < -0.3 is 16.0 Å². The van der Waals surface area contributed by atoms with E-state index in [-0.39, 0.29) is 48.1 Å². The monoisotopic (exact) mass is 414 g/mol. The summed E-state index contributed by atoms with van der Waals surface area (Å²) in [6, 6.07) is -0.398. The van der Waals surface area contributed by atoms with Crippen molar-refractivity contribution in [3.8, 4) is 0 Å². The van der Waals surface area contributed by atoms with Crippen LogP contribution >= 0.6 is 12.4 Å². The van der Waals surface area contributed by atoms with Crippen LogP contribution in [0.3, 0.4) is 0 Å². The molecule has 0 aromatic rings. The Hall–Kier alpha value is -1.34. The Balaban J connectivity index is 0.00000280. The van der Waals surface area contributed by atoms with Crippen LogP contribution in [0.25, 0.3) is 0 Å². The minimum atomic E-state index is -0.852. The van der Waals surface area contributed by atoms with Gasteiger partial charge in [-0.05, 0) is 56.3 Å². The molecule has 3 aliphatic rings. The predicted octanol–water partition coefficient (Wildman–Crippen LogP) is 2.13. The number of hydrogen-bond acceptors (Lipinski definition) is 4. The van der Waals surface area contributed by atoms with Crippen LogP contribution in [-0.2, 0) is 9.59 Å². The van der Waals surface area contributed by atoms with Crippen LogP contribution in [-0.4, -0.2) is 58.9 Å². The van der Waals surface area contributed by atoms with Crippen LogP contribution in [0.15, 0.2) is 0 Å². The molecule has 4 atom stereocenters. The van der Waals surface area contributed by atoms with Crippen LogP contribution in [0, 0.1) is 17.3 Å². The van der Waals surface area contributed by atoms with Gasteiger partial charge in [-0.25, -0.2) is 4.79 Å². The second-order valence-electron chi connectivity index (χ2n) is 9.86. The maximum Gasteiger partial charge on any atom is 0.325 e. The smallest absolute Gasteiger partial charge is 0.325 e. The van der Waals surface area contributed by atoms with Crippen LogP contribution in [0.4, 0.5) is 4.79 Å². The van der Waals surface area contributed by atoms with Crippen LogP contribution in [0.2, 0.25) is 0 Å². The SMILES string of the molecule is CC1CC(C)(C)CC2(C1)NC(=O)N(CC(=O)N1CCCC(C(C)N)C1)C2=O.Cl. The molecule has 4 unspecified atom stereocenters. The summed E-state index contributed by atoms with van der Waals surface area (Å²) in [5.41, 5.74) is 5.13. The Morgan fingerprint density at radius 2 is 2.00 bits per heavy atom. The third-order valence-electron chi connectivity index (χ3n) is 6.47. The number of nitrogens with one attached hydrogen (secondary N) is 1. The highest BCUT2D eigenvalue weighted by molar-refractivity contribution is 6.09. The van der Waals surface area contributed by atoms with E-state index in [1.54, 1.807) is 4.90 Å². The van der Waals surface area contributed by atoms with E-state index in [9.17, 15) is 14.4 Å². The van der Waals surface area contributed by atoms with E-state index in [4.69, 9.17) is 5.73 Å². The van der Waals surface area contributed by atoms with E-state index in [2.05, 4.69) is 26.1 Å². The van der Waals surface area contributed by atoms with Gasteiger partial charge in [0, 0.05) is 19.1 Å². The first-order chi connectivity index (χ1) is 12.5. The number of hydrogen-bond donors (Lipinski definition) is 2. The molecule has 1 aliphatic carbocycles. The lowest BCUT2D eigenvalue weighted by atomic mass is 9.64. The maximum atomic E-state index is 13.2. The molecular formula is C20H35ClN4O3. The van der Waals surface area contributed by atoms with Gasteiger partial charge in [0.05, 0.1) is 0 Å². The first-order valence-electron chi connectivity index (χ1n) is 10.2. The highest BCUT2D eigenvalue weighted by atomic mass is 35.5. The van der Waals surface area contributed by atoms with Gasteiger partial charge in [0.25, 0.3) is 5.91 Å². The summed E-state index contributed by atoms with van der Waals surface area (Å²) in [6.45, 7) is 9.46. The van der Waals surface area contributed by atoms with Crippen molar-refractivity contribution in [2.24, 2.45) is 23.0 Å². The normalized spacial score (nSPS) is 33.5. The number of nitrogens with zero attached hydrogens (tertiary/aromatic N) is 2. The number of imide groups is 1. The minimum Gasteiger partial charge on any atom is -0.341 e. The Kier molecular flexibility index (Phi) is 6.71. The zero-order valence-electron chi connectivity index (χ0n) is 17.5. The Bertz CT molecular complexity index is 639. The number of rotatable bonds is 3. The molecular weight excluding hydrogens is 380 g/mol. The highest BCUT2D eigenvalue weighted by Crippen LogP contribution is 2.46. The number of halogens is 1. The van der Waals surface area contributed by atoms with Crippen LogP contribution in [0.5, 0.6) is 0 Å². The Morgan fingerprint density at radius 3 is 2.61 bits per heavy atom. The van der Waals surface area contributed by atoms with Gasteiger partial charge in [0.15, 0.2) is 0 Å². The van der Waals surface area contributed by atoms with E-state index in [1.807, 2.05) is 6.92 Å². The summed E-state index contributed by atoms with van der Waals surface area (Å²) in [7, 11) is 0. The Morgan fingerprint density at radius 1 is 1.32 bits per heavy atom. The molecule has 7 nitrogen and oxygen atoms in total. The van der Waals surface area contributed by atoms with E-state index in [0.717, 1.165) is 24.2 Å². The van der Waals surface area contributed by atoms with Gasteiger partial charge in [0.1, 0.15) is 12.1 Å². The first kappa shape index (κ1) is 22.9.